The van der Waals surface area contributed by atoms with Crippen molar-refractivity contribution < 1.29 is 8.42 Å². The van der Waals surface area contributed by atoms with Crippen LogP contribution in [0.1, 0.15) is 11.6 Å². The highest BCUT2D eigenvalue weighted by atomic mass is 32.2. The second kappa shape index (κ2) is 6.45. The fourth-order valence-electron chi connectivity index (χ4n) is 2.39. The third-order valence-corrected chi connectivity index (χ3v) is 5.06. The Kier molecular flexibility index (Phi) is 4.38. The number of aromatic nitrogens is 1. The van der Waals surface area contributed by atoms with Gasteiger partial charge in [0.15, 0.2) is 0 Å². The predicted molar refractivity (Wildman–Crippen MR) is 90.3 cm³/mol. The monoisotopic (exact) mass is 327 g/mol. The Morgan fingerprint density at radius 3 is 2.52 bits per heavy atom. The van der Waals surface area contributed by atoms with Crippen LogP contribution in [-0.2, 0) is 10.0 Å². The Morgan fingerprint density at radius 1 is 1.00 bits per heavy atom. The number of hydrogen-bond donors (Lipinski definition) is 2. The van der Waals surface area contributed by atoms with Gasteiger partial charge in [0.25, 0.3) is 0 Å². The number of nitrogens with two attached hydrogens (primary N) is 1. The second-order valence-corrected chi connectivity index (χ2v) is 6.94. The number of fused-ring (bicyclic) bond motifs is 1. The molecule has 0 saturated heterocycles. The Balaban J connectivity index is 1.84. The van der Waals surface area contributed by atoms with E-state index in [0.717, 1.165) is 10.9 Å². The number of nitrogens with one attached hydrogen (secondary N) is 1. The maximum absolute atomic E-state index is 12.6. The first kappa shape index (κ1) is 15.6. The van der Waals surface area contributed by atoms with E-state index in [2.05, 4.69) is 9.71 Å². The number of sulfonamides is 1. The molecule has 23 heavy (non-hydrogen) atoms. The largest absolute Gasteiger partial charge is 0.323 e. The van der Waals surface area contributed by atoms with E-state index in [1.807, 2.05) is 42.5 Å². The third-order valence-electron chi connectivity index (χ3n) is 3.61. The van der Waals surface area contributed by atoms with Crippen LogP contribution in [0.5, 0.6) is 0 Å². The molecular weight excluding hydrogens is 310 g/mol. The highest BCUT2D eigenvalue weighted by molar-refractivity contribution is 7.89. The van der Waals surface area contributed by atoms with Crippen molar-refractivity contribution in [2.75, 3.05) is 6.54 Å². The highest BCUT2D eigenvalue weighted by Crippen LogP contribution is 2.20. The lowest BCUT2D eigenvalue weighted by atomic mass is 10.1. The zero-order valence-electron chi connectivity index (χ0n) is 12.4. The van der Waals surface area contributed by atoms with Crippen molar-refractivity contribution in [3.63, 3.8) is 0 Å². The Morgan fingerprint density at radius 2 is 1.74 bits per heavy atom. The van der Waals surface area contributed by atoms with Crippen LogP contribution >= 0.6 is 0 Å². The summed E-state index contributed by atoms with van der Waals surface area (Å²) in [6.45, 7) is 0.121. The number of pyridine rings is 1. The van der Waals surface area contributed by atoms with Gasteiger partial charge >= 0.3 is 0 Å². The molecule has 118 valence electrons. The number of benzene rings is 2. The molecule has 1 atom stereocenters. The van der Waals surface area contributed by atoms with E-state index in [9.17, 15) is 8.42 Å². The molecule has 0 aliphatic heterocycles. The van der Waals surface area contributed by atoms with Crippen LogP contribution in [0.2, 0.25) is 0 Å². The van der Waals surface area contributed by atoms with Gasteiger partial charge in [-0.2, -0.15) is 0 Å². The molecule has 1 aromatic heterocycles. The maximum Gasteiger partial charge on any atom is 0.242 e. The molecule has 0 aliphatic carbocycles. The summed E-state index contributed by atoms with van der Waals surface area (Å²) in [5.74, 6) is 0. The van der Waals surface area contributed by atoms with E-state index in [1.54, 1.807) is 24.4 Å². The second-order valence-electron chi connectivity index (χ2n) is 5.20. The standard InChI is InChI=1S/C17H17N3O2S/c18-15(13-6-2-1-3-7-13)12-20-23(21,22)16-10-4-8-14-9-5-11-19-17(14)16/h1-11,15,20H,12,18H2/t15-/m1/s1. The van der Waals surface area contributed by atoms with Crippen molar-refractivity contribution >= 4 is 20.9 Å². The van der Waals surface area contributed by atoms with Crippen molar-refractivity contribution in [3.05, 3.63) is 72.4 Å². The molecule has 0 unspecified atom stereocenters. The number of hydrogen-bond acceptors (Lipinski definition) is 4. The van der Waals surface area contributed by atoms with Crippen LogP contribution in [0, 0.1) is 0 Å². The first-order valence-corrected chi connectivity index (χ1v) is 8.70. The Bertz CT molecular complexity index is 906. The molecule has 0 aliphatic rings. The van der Waals surface area contributed by atoms with Crippen molar-refractivity contribution in [2.24, 2.45) is 5.73 Å². The average molecular weight is 327 g/mol. The lowest BCUT2D eigenvalue weighted by molar-refractivity contribution is 0.573. The number of rotatable bonds is 5. The van der Waals surface area contributed by atoms with E-state index < -0.39 is 16.1 Å². The first-order chi connectivity index (χ1) is 11.1. The predicted octanol–water partition coefficient (Wildman–Crippen LogP) is 2.21. The van der Waals surface area contributed by atoms with Crippen molar-refractivity contribution in [3.8, 4) is 0 Å². The molecule has 6 heteroatoms. The third kappa shape index (κ3) is 3.39. The topological polar surface area (TPSA) is 85.1 Å². The van der Waals surface area contributed by atoms with Gasteiger partial charge in [-0.25, -0.2) is 13.1 Å². The van der Waals surface area contributed by atoms with Gasteiger partial charge in [0.2, 0.25) is 10.0 Å². The van der Waals surface area contributed by atoms with E-state index in [4.69, 9.17) is 5.73 Å². The van der Waals surface area contributed by atoms with Gasteiger partial charge in [0.05, 0.1) is 5.52 Å². The zero-order valence-corrected chi connectivity index (χ0v) is 13.2. The van der Waals surface area contributed by atoms with Gasteiger partial charge in [-0.05, 0) is 17.7 Å². The smallest absolute Gasteiger partial charge is 0.242 e. The highest BCUT2D eigenvalue weighted by Gasteiger charge is 2.19. The number of para-hydroxylation sites is 1. The van der Waals surface area contributed by atoms with E-state index in [-0.39, 0.29) is 11.4 Å². The molecule has 0 bridgehead atoms. The van der Waals surface area contributed by atoms with Crippen LogP contribution in [0.3, 0.4) is 0 Å². The molecule has 3 N–H and O–H groups in total. The molecule has 2 aromatic carbocycles. The van der Waals surface area contributed by atoms with Crippen molar-refractivity contribution in [1.29, 1.82) is 0 Å². The average Bonchev–Trinajstić information content (AvgIpc) is 2.60. The minimum Gasteiger partial charge on any atom is -0.323 e. The van der Waals surface area contributed by atoms with Gasteiger partial charge in [-0.1, -0.05) is 48.5 Å². The normalized spacial score (nSPS) is 13.1. The molecule has 5 nitrogen and oxygen atoms in total. The summed E-state index contributed by atoms with van der Waals surface area (Å²) in [6, 6.07) is 17.7. The molecule has 0 spiro atoms. The fourth-order valence-corrected chi connectivity index (χ4v) is 3.63. The van der Waals surface area contributed by atoms with Crippen LogP contribution in [0.15, 0.2) is 71.8 Å². The summed E-state index contributed by atoms with van der Waals surface area (Å²) in [4.78, 5) is 4.35. The van der Waals surface area contributed by atoms with E-state index in [0.29, 0.717) is 5.52 Å². The quantitative estimate of drug-likeness (QED) is 0.752. The zero-order chi connectivity index (χ0) is 16.3. The van der Waals surface area contributed by atoms with Gasteiger partial charge in [-0.3, -0.25) is 4.98 Å². The Labute approximate surface area is 135 Å². The van der Waals surface area contributed by atoms with E-state index in [1.165, 1.54) is 0 Å². The lowest BCUT2D eigenvalue weighted by Gasteiger charge is -2.14. The molecule has 0 radical (unpaired) electrons. The summed E-state index contributed by atoms with van der Waals surface area (Å²) >= 11 is 0. The Hall–Kier alpha value is -2.28. The summed E-state index contributed by atoms with van der Waals surface area (Å²) in [6.07, 6.45) is 1.58. The maximum atomic E-state index is 12.6. The minimum atomic E-state index is -3.68. The molecule has 1 heterocycles. The van der Waals surface area contributed by atoms with Crippen LogP contribution < -0.4 is 10.5 Å². The first-order valence-electron chi connectivity index (χ1n) is 7.22. The fraction of sp³-hybridized carbons (Fsp3) is 0.118. The van der Waals surface area contributed by atoms with Crippen molar-refractivity contribution in [1.82, 2.24) is 9.71 Å². The van der Waals surface area contributed by atoms with Gasteiger partial charge in [-0.15, -0.1) is 0 Å². The molecule has 0 amide bonds. The van der Waals surface area contributed by atoms with Crippen LogP contribution in [0.25, 0.3) is 10.9 Å². The summed E-state index contributed by atoms with van der Waals surface area (Å²) in [5, 5.41) is 0.780. The minimum absolute atomic E-state index is 0.121. The SMILES string of the molecule is N[C@H](CNS(=O)(=O)c1cccc2cccnc12)c1ccccc1. The van der Waals surface area contributed by atoms with E-state index >= 15 is 0 Å². The lowest BCUT2D eigenvalue weighted by Crippen LogP contribution is -2.32. The van der Waals surface area contributed by atoms with Gasteiger partial charge in [0, 0.05) is 24.2 Å². The van der Waals surface area contributed by atoms with Gasteiger partial charge < -0.3 is 5.73 Å². The summed E-state index contributed by atoms with van der Waals surface area (Å²) in [5.41, 5.74) is 7.39. The molecule has 0 saturated carbocycles. The van der Waals surface area contributed by atoms with Crippen LogP contribution in [-0.4, -0.2) is 19.9 Å². The number of nitrogens with zero attached hydrogens (tertiary/aromatic N) is 1. The molecule has 3 rings (SSSR count). The van der Waals surface area contributed by atoms with Gasteiger partial charge in [0.1, 0.15) is 4.90 Å². The summed E-state index contributed by atoms with van der Waals surface area (Å²) < 4.78 is 27.7. The molecular formula is C17H17N3O2S. The van der Waals surface area contributed by atoms with Crippen molar-refractivity contribution in [2.45, 2.75) is 10.9 Å². The van der Waals surface area contributed by atoms with Crippen LogP contribution in [0.4, 0.5) is 0 Å². The molecule has 3 aromatic rings. The summed E-state index contributed by atoms with van der Waals surface area (Å²) in [7, 11) is -3.68. The molecule has 0 fully saturated rings.